The Bertz CT molecular complexity index is 663. The van der Waals surface area contributed by atoms with Crippen LogP contribution in [-0.2, 0) is 0 Å². The van der Waals surface area contributed by atoms with Crippen molar-refractivity contribution in [2.45, 2.75) is 101 Å². The van der Waals surface area contributed by atoms with E-state index in [1.165, 1.54) is 62.0 Å². The molecule has 0 aliphatic rings. The van der Waals surface area contributed by atoms with Crippen molar-refractivity contribution < 1.29 is 8.78 Å². The van der Waals surface area contributed by atoms with E-state index in [-0.39, 0.29) is 9.79 Å². The molecule has 0 heterocycles. The van der Waals surface area contributed by atoms with Gasteiger partial charge >= 0.3 is 0 Å². The Labute approximate surface area is 189 Å². The predicted octanol–water partition coefficient (Wildman–Crippen LogP) is 8.61. The van der Waals surface area contributed by atoms with Crippen LogP contribution in [0.4, 0.5) is 8.78 Å². The van der Waals surface area contributed by atoms with E-state index in [1.54, 1.807) is 12.1 Å². The predicted molar refractivity (Wildman–Crippen MR) is 124 cm³/mol. The first-order chi connectivity index (χ1) is 14.6. The fraction of sp³-hybridized carbons (Fsp3) is 0.667. The van der Waals surface area contributed by atoms with Crippen molar-refractivity contribution >= 4 is 23.5 Å². The van der Waals surface area contributed by atoms with Crippen LogP contribution in [0.3, 0.4) is 0 Å². The summed E-state index contributed by atoms with van der Waals surface area (Å²) in [6.07, 6.45) is 13.6. The average Bonchev–Trinajstić information content (AvgIpc) is 2.75. The largest absolute Gasteiger partial charge is 0.204 e. The van der Waals surface area contributed by atoms with Gasteiger partial charge in [-0.05, 0) is 24.3 Å². The number of unbranched alkanes of at least 4 members (excludes halogenated alkanes) is 10. The second-order valence-corrected chi connectivity index (χ2v) is 9.70. The van der Waals surface area contributed by atoms with Crippen LogP contribution in [0.1, 0.15) is 102 Å². The van der Waals surface area contributed by atoms with Gasteiger partial charge in [-0.2, -0.15) is 10.5 Å². The topological polar surface area (TPSA) is 47.6 Å². The van der Waals surface area contributed by atoms with Gasteiger partial charge in [0.2, 0.25) is 0 Å². The lowest BCUT2D eigenvalue weighted by Gasteiger charge is -2.14. The van der Waals surface area contributed by atoms with E-state index in [9.17, 15) is 19.3 Å². The van der Waals surface area contributed by atoms with Crippen LogP contribution in [0.5, 0.6) is 0 Å². The van der Waals surface area contributed by atoms with Crippen LogP contribution in [0.2, 0.25) is 0 Å². The standard InChI is InChI=1S/C24H34F2N2S2/c1-3-5-7-9-11-13-15-29-23-21(25)19(17-27)20(18-28)22(26)24(23)30-16-14-12-10-8-6-4-2/h3-16H2,1-2H3. The summed E-state index contributed by atoms with van der Waals surface area (Å²) in [4.78, 5) is 0.403. The van der Waals surface area contributed by atoms with Crippen LogP contribution in [0.15, 0.2) is 9.79 Å². The summed E-state index contributed by atoms with van der Waals surface area (Å²) in [5, 5.41) is 18.5. The molecule has 0 unspecified atom stereocenters. The van der Waals surface area contributed by atoms with Gasteiger partial charge in [0.15, 0.2) is 11.6 Å². The maximum Gasteiger partial charge on any atom is 0.157 e. The summed E-state index contributed by atoms with van der Waals surface area (Å²) in [6, 6.07) is 3.37. The van der Waals surface area contributed by atoms with Gasteiger partial charge in [0.25, 0.3) is 0 Å². The van der Waals surface area contributed by atoms with E-state index in [0.29, 0.717) is 11.5 Å². The normalized spacial score (nSPS) is 10.7. The van der Waals surface area contributed by atoms with Crippen LogP contribution in [0, 0.1) is 34.3 Å². The lowest BCUT2D eigenvalue weighted by molar-refractivity contribution is 0.543. The average molecular weight is 453 g/mol. The molecule has 1 rings (SSSR count). The molecule has 2 nitrogen and oxygen atoms in total. The van der Waals surface area contributed by atoms with Crippen molar-refractivity contribution in [2.75, 3.05) is 11.5 Å². The summed E-state index contributed by atoms with van der Waals surface area (Å²) in [6.45, 7) is 4.35. The van der Waals surface area contributed by atoms with Crippen molar-refractivity contribution in [1.29, 1.82) is 10.5 Å². The summed E-state index contributed by atoms with van der Waals surface area (Å²) in [5.74, 6) is -0.109. The van der Waals surface area contributed by atoms with Crippen LogP contribution < -0.4 is 0 Å². The fourth-order valence-corrected chi connectivity index (χ4v) is 5.58. The third-order valence-corrected chi connectivity index (χ3v) is 7.46. The molecule has 0 spiro atoms. The fourth-order valence-electron chi connectivity index (χ4n) is 3.23. The van der Waals surface area contributed by atoms with Crippen molar-refractivity contribution in [3.05, 3.63) is 22.8 Å². The molecule has 166 valence electrons. The summed E-state index contributed by atoms with van der Waals surface area (Å²) < 4.78 is 30.0. The molecule has 0 bridgehead atoms. The van der Waals surface area contributed by atoms with Crippen LogP contribution in [-0.4, -0.2) is 11.5 Å². The molecule has 30 heavy (non-hydrogen) atoms. The van der Waals surface area contributed by atoms with Crippen LogP contribution >= 0.6 is 23.5 Å². The number of rotatable bonds is 16. The molecule has 0 radical (unpaired) electrons. The molecule has 0 aromatic heterocycles. The molecule has 0 fully saturated rings. The minimum Gasteiger partial charge on any atom is -0.204 e. The van der Waals surface area contributed by atoms with Gasteiger partial charge in [0, 0.05) is 0 Å². The Kier molecular flexibility index (Phi) is 14.7. The van der Waals surface area contributed by atoms with Crippen molar-refractivity contribution in [3.8, 4) is 12.1 Å². The third kappa shape index (κ3) is 8.86. The molecule has 0 amide bonds. The highest BCUT2D eigenvalue weighted by Crippen LogP contribution is 2.39. The highest BCUT2D eigenvalue weighted by atomic mass is 32.2. The van der Waals surface area contributed by atoms with E-state index >= 15 is 0 Å². The molecule has 0 aliphatic carbocycles. The zero-order valence-corrected chi connectivity index (χ0v) is 20.0. The number of hydrogen-bond donors (Lipinski definition) is 0. The molecule has 1 aromatic rings. The Morgan fingerprint density at radius 3 is 1.27 bits per heavy atom. The van der Waals surface area contributed by atoms with Crippen molar-refractivity contribution in [3.63, 3.8) is 0 Å². The van der Waals surface area contributed by atoms with E-state index in [1.807, 2.05) is 0 Å². The van der Waals surface area contributed by atoms with Gasteiger partial charge in [0.05, 0.1) is 9.79 Å². The molecule has 0 saturated carbocycles. The molecule has 1 aromatic carbocycles. The number of thioether (sulfide) groups is 2. The van der Waals surface area contributed by atoms with E-state index in [4.69, 9.17) is 0 Å². The Morgan fingerprint density at radius 1 is 0.600 bits per heavy atom. The maximum atomic E-state index is 15.0. The van der Waals surface area contributed by atoms with E-state index in [2.05, 4.69) is 13.8 Å². The number of halogens is 2. The van der Waals surface area contributed by atoms with Gasteiger partial charge in [-0.15, -0.1) is 23.5 Å². The monoisotopic (exact) mass is 452 g/mol. The van der Waals surface area contributed by atoms with E-state index < -0.39 is 22.8 Å². The molecular formula is C24H34F2N2S2. The minimum atomic E-state index is -0.739. The minimum absolute atomic E-state index is 0.201. The van der Waals surface area contributed by atoms with Gasteiger partial charge in [-0.3, -0.25) is 0 Å². The second kappa shape index (κ2) is 16.5. The first-order valence-corrected chi connectivity index (χ1v) is 13.2. The summed E-state index contributed by atoms with van der Waals surface area (Å²) in [5.41, 5.74) is -0.936. The second-order valence-electron chi connectivity index (χ2n) is 7.49. The highest BCUT2D eigenvalue weighted by molar-refractivity contribution is 8.02. The molecular weight excluding hydrogens is 418 g/mol. The highest BCUT2D eigenvalue weighted by Gasteiger charge is 2.25. The zero-order chi connectivity index (χ0) is 22.2. The third-order valence-electron chi connectivity index (χ3n) is 5.01. The maximum absolute atomic E-state index is 15.0. The van der Waals surface area contributed by atoms with Gasteiger partial charge in [0.1, 0.15) is 23.3 Å². The number of benzene rings is 1. The Morgan fingerprint density at radius 2 is 0.933 bits per heavy atom. The van der Waals surface area contributed by atoms with Gasteiger partial charge in [-0.1, -0.05) is 78.1 Å². The smallest absolute Gasteiger partial charge is 0.157 e. The molecule has 6 heteroatoms. The Hall–Kier alpha value is -1.24. The van der Waals surface area contributed by atoms with Crippen molar-refractivity contribution in [1.82, 2.24) is 0 Å². The molecule has 0 atom stereocenters. The van der Waals surface area contributed by atoms with Crippen LogP contribution in [0.25, 0.3) is 0 Å². The van der Waals surface area contributed by atoms with Gasteiger partial charge in [-0.25, -0.2) is 8.78 Å². The Balaban J connectivity index is 2.81. The van der Waals surface area contributed by atoms with Crippen molar-refractivity contribution in [2.24, 2.45) is 0 Å². The summed E-state index contributed by atoms with van der Waals surface area (Å²) >= 11 is 2.56. The SMILES string of the molecule is CCCCCCCCSc1c(F)c(C#N)c(C#N)c(F)c1SCCCCCCCC. The zero-order valence-electron chi connectivity index (χ0n) is 18.4. The van der Waals surface area contributed by atoms with E-state index in [0.717, 1.165) is 38.5 Å². The molecule has 0 saturated heterocycles. The molecule has 0 N–H and O–H groups in total. The number of nitriles is 2. The summed E-state index contributed by atoms with van der Waals surface area (Å²) in [7, 11) is 0. The lowest BCUT2D eigenvalue weighted by atomic mass is 10.1. The lowest BCUT2D eigenvalue weighted by Crippen LogP contribution is -2.02. The van der Waals surface area contributed by atoms with Gasteiger partial charge < -0.3 is 0 Å². The first-order valence-electron chi connectivity index (χ1n) is 11.2. The number of hydrogen-bond acceptors (Lipinski definition) is 4. The first kappa shape index (κ1) is 26.8. The molecule has 0 aliphatic heterocycles. The number of nitrogens with zero attached hydrogens (tertiary/aromatic N) is 2. The quantitative estimate of drug-likeness (QED) is 0.186.